The Labute approximate surface area is 194 Å². The predicted molar refractivity (Wildman–Crippen MR) is 120 cm³/mol. The predicted octanol–water partition coefficient (Wildman–Crippen LogP) is 2.18. The molecule has 8 heteroatoms. The van der Waals surface area contributed by atoms with Crippen molar-refractivity contribution in [1.82, 2.24) is 14.7 Å². The van der Waals surface area contributed by atoms with E-state index in [9.17, 15) is 19.2 Å². The van der Waals surface area contributed by atoms with Crippen LogP contribution in [0.25, 0.3) is 0 Å². The van der Waals surface area contributed by atoms with Crippen molar-refractivity contribution >= 4 is 11.8 Å². The first-order valence-electron chi connectivity index (χ1n) is 12.3. The van der Waals surface area contributed by atoms with Gasteiger partial charge in [0.2, 0.25) is 11.8 Å². The van der Waals surface area contributed by atoms with Gasteiger partial charge in [-0.05, 0) is 55.7 Å². The van der Waals surface area contributed by atoms with Crippen molar-refractivity contribution < 1.29 is 14.0 Å². The fraction of sp³-hybridized carbons (Fsp3) is 0.640. The van der Waals surface area contributed by atoms with E-state index in [1.54, 1.807) is 4.90 Å². The maximum absolute atomic E-state index is 13.6. The van der Waals surface area contributed by atoms with Gasteiger partial charge in [-0.2, -0.15) is 5.26 Å². The number of piperazine rings is 1. The van der Waals surface area contributed by atoms with Gasteiger partial charge in [0, 0.05) is 25.7 Å². The lowest BCUT2D eigenvalue weighted by Crippen LogP contribution is -2.57. The van der Waals surface area contributed by atoms with Crippen LogP contribution in [0, 0.1) is 23.1 Å². The molecule has 4 aliphatic rings. The normalized spacial score (nSPS) is 29.6. The summed E-state index contributed by atoms with van der Waals surface area (Å²) in [5, 5.41) is 9.29. The maximum atomic E-state index is 13.6. The van der Waals surface area contributed by atoms with Gasteiger partial charge in [0.15, 0.2) is 0 Å². The minimum absolute atomic E-state index is 0.0194. The average Bonchev–Trinajstić information content (AvgIpc) is 3.60. The van der Waals surface area contributed by atoms with Gasteiger partial charge in [-0.1, -0.05) is 25.0 Å². The number of carbonyl (C=O) groups is 2. The first-order valence-corrected chi connectivity index (χ1v) is 12.3. The summed E-state index contributed by atoms with van der Waals surface area (Å²) in [6, 6.07) is 7.49. The van der Waals surface area contributed by atoms with Crippen LogP contribution in [-0.2, 0) is 9.59 Å². The fourth-order valence-corrected chi connectivity index (χ4v) is 6.56. The van der Waals surface area contributed by atoms with Gasteiger partial charge in [-0.25, -0.2) is 4.39 Å². The first-order chi connectivity index (χ1) is 16.0. The van der Waals surface area contributed by atoms with Crippen LogP contribution in [0.2, 0.25) is 0 Å². The molecule has 2 bridgehead atoms. The van der Waals surface area contributed by atoms with Crippen molar-refractivity contribution in [2.45, 2.75) is 75.2 Å². The third-order valence-electron chi connectivity index (χ3n) is 8.11. The Morgan fingerprint density at radius 3 is 2.58 bits per heavy atom. The number of nitriles is 1. The van der Waals surface area contributed by atoms with E-state index in [1.165, 1.54) is 25.0 Å². The molecule has 1 saturated carbocycles. The van der Waals surface area contributed by atoms with Gasteiger partial charge < -0.3 is 15.5 Å². The molecule has 0 spiro atoms. The molecule has 33 heavy (non-hydrogen) atoms. The minimum Gasteiger partial charge on any atom is -0.330 e. The number of nitrogens with two attached hydrogens (primary N) is 1. The van der Waals surface area contributed by atoms with Crippen molar-refractivity contribution in [3.63, 3.8) is 0 Å². The first kappa shape index (κ1) is 22.3. The van der Waals surface area contributed by atoms with E-state index in [-0.39, 0.29) is 35.8 Å². The summed E-state index contributed by atoms with van der Waals surface area (Å²) in [6.07, 6.45) is 6.77. The summed E-state index contributed by atoms with van der Waals surface area (Å²) >= 11 is 0. The Bertz CT molecular complexity index is 941. The van der Waals surface area contributed by atoms with Gasteiger partial charge in [0.25, 0.3) is 0 Å². The Morgan fingerprint density at radius 2 is 1.91 bits per heavy atom. The zero-order chi connectivity index (χ0) is 23.1. The molecule has 0 aromatic heterocycles. The lowest BCUT2D eigenvalue weighted by Gasteiger charge is -2.42. The molecule has 0 radical (unpaired) electrons. The number of benzene rings is 1. The van der Waals surface area contributed by atoms with Gasteiger partial charge in [-0.3, -0.25) is 14.5 Å². The summed E-state index contributed by atoms with van der Waals surface area (Å²) in [7, 11) is 0. The lowest BCUT2D eigenvalue weighted by molar-refractivity contribution is -0.142. The molecule has 1 aliphatic carbocycles. The molecule has 3 heterocycles. The molecular weight excluding hydrogens is 421 g/mol. The van der Waals surface area contributed by atoms with E-state index in [1.807, 2.05) is 12.1 Å². The van der Waals surface area contributed by atoms with E-state index in [4.69, 9.17) is 5.73 Å². The topological polar surface area (TPSA) is 93.7 Å². The molecule has 2 amide bonds. The van der Waals surface area contributed by atoms with Crippen molar-refractivity contribution in [3.8, 4) is 6.07 Å². The summed E-state index contributed by atoms with van der Waals surface area (Å²) in [5.74, 6) is 0.0401. The molecule has 2 N–H and O–H groups in total. The molecule has 3 saturated heterocycles. The second kappa shape index (κ2) is 9.03. The summed E-state index contributed by atoms with van der Waals surface area (Å²) < 4.78 is 13.6. The molecule has 5 atom stereocenters. The van der Waals surface area contributed by atoms with Crippen LogP contribution in [0.5, 0.6) is 0 Å². The minimum atomic E-state index is -0.734. The van der Waals surface area contributed by atoms with Crippen LogP contribution >= 0.6 is 0 Å². The molecule has 1 aromatic carbocycles. The number of fused-ring (bicyclic) bond motifs is 2. The second-order valence-electron chi connectivity index (χ2n) is 10.1. The number of carbonyl (C=O) groups excluding carboxylic acids is 2. The lowest BCUT2D eigenvalue weighted by atomic mass is 9.89. The highest BCUT2D eigenvalue weighted by molar-refractivity contribution is 5.87. The Kier molecular flexibility index (Phi) is 6.11. The SMILES string of the molecule is N#C[C@@H]1CCCN1C(=O)[C@@H](N)CN1C[C@@H]2C[C@H]1C(=O)N2[C@@H](c1ccc(F)cc1)C1CCCC1. The highest BCUT2D eigenvalue weighted by Gasteiger charge is 2.53. The van der Waals surface area contributed by atoms with Crippen molar-refractivity contribution in [2.24, 2.45) is 11.7 Å². The number of likely N-dealkylation sites (tertiary alicyclic amines) is 3. The number of nitrogens with zero attached hydrogens (tertiary/aromatic N) is 4. The van der Waals surface area contributed by atoms with Gasteiger partial charge >= 0.3 is 0 Å². The zero-order valence-corrected chi connectivity index (χ0v) is 18.9. The van der Waals surface area contributed by atoms with Crippen LogP contribution in [0.15, 0.2) is 24.3 Å². The number of rotatable bonds is 6. The maximum Gasteiger partial charge on any atom is 0.241 e. The molecule has 0 unspecified atom stereocenters. The van der Waals surface area contributed by atoms with Crippen LogP contribution in [0.3, 0.4) is 0 Å². The van der Waals surface area contributed by atoms with Crippen LogP contribution in [-0.4, -0.2) is 70.3 Å². The van der Waals surface area contributed by atoms with E-state index < -0.39 is 12.1 Å². The highest BCUT2D eigenvalue weighted by Crippen LogP contribution is 2.45. The molecule has 7 nitrogen and oxygen atoms in total. The van der Waals surface area contributed by atoms with Crippen molar-refractivity contribution in [3.05, 3.63) is 35.6 Å². The van der Waals surface area contributed by atoms with Gasteiger partial charge in [0.1, 0.15) is 11.9 Å². The van der Waals surface area contributed by atoms with Crippen LogP contribution < -0.4 is 5.73 Å². The zero-order valence-electron chi connectivity index (χ0n) is 18.9. The number of amides is 2. The highest BCUT2D eigenvalue weighted by atomic mass is 19.1. The second-order valence-corrected chi connectivity index (χ2v) is 10.1. The van der Waals surface area contributed by atoms with E-state index >= 15 is 0 Å². The van der Waals surface area contributed by atoms with Crippen LogP contribution in [0.1, 0.15) is 56.6 Å². The quantitative estimate of drug-likeness (QED) is 0.713. The summed E-state index contributed by atoms with van der Waals surface area (Å²) in [5.41, 5.74) is 7.28. The Balaban J connectivity index is 1.29. The van der Waals surface area contributed by atoms with Gasteiger partial charge in [-0.15, -0.1) is 0 Å². The smallest absolute Gasteiger partial charge is 0.241 e. The third kappa shape index (κ3) is 4.02. The molecule has 5 rings (SSSR count). The monoisotopic (exact) mass is 453 g/mol. The van der Waals surface area contributed by atoms with E-state index in [2.05, 4.69) is 15.9 Å². The number of hydrogen-bond acceptors (Lipinski definition) is 5. The number of halogens is 1. The Hall–Kier alpha value is -2.50. The van der Waals surface area contributed by atoms with Crippen molar-refractivity contribution in [1.29, 1.82) is 5.26 Å². The van der Waals surface area contributed by atoms with Gasteiger partial charge in [0.05, 0.1) is 24.2 Å². The van der Waals surface area contributed by atoms with Crippen LogP contribution in [0.4, 0.5) is 4.39 Å². The fourth-order valence-electron chi connectivity index (χ4n) is 6.56. The summed E-state index contributed by atoms with van der Waals surface area (Å²) in [6.45, 7) is 1.60. The standard InChI is InChI=1S/C25H32FN5O2/c26-18-9-7-17(8-10-18)23(16-4-1-2-5-16)31-20-12-22(25(31)33)29(14-20)15-21(28)24(32)30-11-3-6-19(30)13-27/h7-10,16,19-23H,1-6,11-12,14-15,28H2/t19-,20-,21-,22-,23+/m0/s1. The molecular formula is C25H32FN5O2. The van der Waals surface area contributed by atoms with E-state index in [0.717, 1.165) is 31.2 Å². The summed E-state index contributed by atoms with van der Waals surface area (Å²) in [4.78, 5) is 32.1. The molecule has 4 fully saturated rings. The Morgan fingerprint density at radius 1 is 1.18 bits per heavy atom. The molecule has 1 aromatic rings. The molecule has 3 aliphatic heterocycles. The van der Waals surface area contributed by atoms with Crippen molar-refractivity contribution in [2.75, 3.05) is 19.6 Å². The van der Waals surface area contributed by atoms with E-state index in [0.29, 0.717) is 32.0 Å². The third-order valence-corrected chi connectivity index (χ3v) is 8.11. The largest absolute Gasteiger partial charge is 0.330 e. The average molecular weight is 454 g/mol. The molecule has 176 valence electrons. The number of hydrogen-bond donors (Lipinski definition) is 1.